The summed E-state index contributed by atoms with van der Waals surface area (Å²) in [6, 6.07) is 7.40. The van der Waals surface area contributed by atoms with Gasteiger partial charge >= 0.3 is 5.97 Å². The number of carbonyl (C=O) groups is 2. The van der Waals surface area contributed by atoms with Crippen molar-refractivity contribution in [1.29, 1.82) is 5.26 Å². The lowest BCUT2D eigenvalue weighted by Gasteiger charge is -2.23. The maximum Gasteiger partial charge on any atom is 0.337 e. The fourth-order valence-corrected chi connectivity index (χ4v) is 3.24. The number of benzene rings is 1. The highest BCUT2D eigenvalue weighted by Crippen LogP contribution is 2.47. The molecule has 0 spiro atoms. The predicted molar refractivity (Wildman–Crippen MR) is 104 cm³/mol. The minimum Gasteiger partial charge on any atom is -0.465 e. The standard InChI is InChI=1S/C21H25N3O3/c1-6-11-23-19(25)15(13-22)8-10-18-21(2,3)16-12-14(20(26)27-5)7-9-17(16)24(18)4/h7-10,12H,6,11H2,1-5H3,(H,23,25)/b15-8+,18-10-. The van der Waals surface area contributed by atoms with Crippen LogP contribution < -0.4 is 10.2 Å². The third kappa shape index (κ3) is 3.87. The maximum atomic E-state index is 12.1. The molecular formula is C21H25N3O3. The summed E-state index contributed by atoms with van der Waals surface area (Å²) < 4.78 is 4.81. The first kappa shape index (κ1) is 20.2. The predicted octanol–water partition coefficient (Wildman–Crippen LogP) is 3.06. The van der Waals surface area contributed by atoms with Crippen LogP contribution in [0.25, 0.3) is 0 Å². The number of nitrogens with one attached hydrogen (secondary N) is 1. The Balaban J connectivity index is 2.42. The molecule has 0 saturated heterocycles. The van der Waals surface area contributed by atoms with Crippen LogP contribution in [0.5, 0.6) is 0 Å². The van der Waals surface area contributed by atoms with Gasteiger partial charge in [-0.3, -0.25) is 4.79 Å². The molecule has 2 rings (SSSR count). The zero-order valence-corrected chi connectivity index (χ0v) is 16.4. The van der Waals surface area contributed by atoms with Gasteiger partial charge in [-0.2, -0.15) is 5.26 Å². The summed E-state index contributed by atoms with van der Waals surface area (Å²) >= 11 is 0. The lowest BCUT2D eigenvalue weighted by molar-refractivity contribution is -0.117. The summed E-state index contributed by atoms with van der Waals surface area (Å²) in [4.78, 5) is 25.9. The van der Waals surface area contributed by atoms with Gasteiger partial charge in [-0.25, -0.2) is 4.79 Å². The fourth-order valence-electron chi connectivity index (χ4n) is 3.24. The highest BCUT2D eigenvalue weighted by atomic mass is 16.5. The number of fused-ring (bicyclic) bond motifs is 1. The molecule has 1 heterocycles. The Hall–Kier alpha value is -3.07. The second kappa shape index (κ2) is 8.09. The fraction of sp³-hybridized carbons (Fsp3) is 0.381. The number of amides is 1. The maximum absolute atomic E-state index is 12.1. The number of anilines is 1. The van der Waals surface area contributed by atoms with E-state index in [0.29, 0.717) is 12.1 Å². The average molecular weight is 367 g/mol. The normalized spacial score (nSPS) is 16.7. The molecule has 142 valence electrons. The van der Waals surface area contributed by atoms with Crippen molar-refractivity contribution < 1.29 is 14.3 Å². The van der Waals surface area contributed by atoms with Gasteiger partial charge in [0.15, 0.2) is 0 Å². The molecule has 6 heteroatoms. The monoisotopic (exact) mass is 367 g/mol. The van der Waals surface area contributed by atoms with Crippen molar-refractivity contribution in [2.45, 2.75) is 32.6 Å². The first-order valence-electron chi connectivity index (χ1n) is 8.85. The molecule has 1 aromatic carbocycles. The highest BCUT2D eigenvalue weighted by Gasteiger charge is 2.38. The van der Waals surface area contributed by atoms with E-state index in [2.05, 4.69) is 5.32 Å². The van der Waals surface area contributed by atoms with Gasteiger partial charge in [0.05, 0.1) is 12.7 Å². The van der Waals surface area contributed by atoms with E-state index in [1.807, 2.05) is 50.9 Å². The summed E-state index contributed by atoms with van der Waals surface area (Å²) in [5.41, 5.74) is 3.04. The molecule has 1 amide bonds. The number of nitriles is 1. The number of carbonyl (C=O) groups excluding carboxylic acids is 2. The Kier molecular flexibility index (Phi) is 6.06. The van der Waals surface area contributed by atoms with Crippen molar-refractivity contribution in [2.24, 2.45) is 0 Å². The van der Waals surface area contributed by atoms with Crippen LogP contribution in [0.1, 0.15) is 43.1 Å². The molecule has 0 saturated carbocycles. The van der Waals surface area contributed by atoms with E-state index in [9.17, 15) is 14.9 Å². The molecule has 1 aliphatic rings. The molecule has 0 fully saturated rings. The number of allylic oxidation sites excluding steroid dienone is 3. The molecule has 0 atom stereocenters. The van der Waals surface area contributed by atoms with Gasteiger partial charge in [-0.05, 0) is 42.3 Å². The van der Waals surface area contributed by atoms with E-state index in [1.165, 1.54) is 7.11 Å². The molecule has 0 unspecified atom stereocenters. The first-order chi connectivity index (χ1) is 12.8. The molecule has 0 aliphatic carbocycles. The van der Waals surface area contributed by atoms with E-state index >= 15 is 0 Å². The van der Waals surface area contributed by atoms with Gasteiger partial charge in [0.25, 0.3) is 5.91 Å². The van der Waals surface area contributed by atoms with Crippen LogP contribution in [0, 0.1) is 11.3 Å². The quantitative estimate of drug-likeness (QED) is 0.491. The van der Waals surface area contributed by atoms with Crippen LogP contribution >= 0.6 is 0 Å². The van der Waals surface area contributed by atoms with Crippen LogP contribution in [0.15, 0.2) is 41.6 Å². The molecule has 1 N–H and O–H groups in total. The summed E-state index contributed by atoms with van der Waals surface area (Å²) in [5, 5.41) is 12.0. The van der Waals surface area contributed by atoms with Crippen LogP contribution in [-0.4, -0.2) is 32.6 Å². The van der Waals surface area contributed by atoms with E-state index in [1.54, 1.807) is 18.2 Å². The zero-order chi connectivity index (χ0) is 20.2. The van der Waals surface area contributed by atoms with Crippen molar-refractivity contribution in [3.05, 3.63) is 52.7 Å². The summed E-state index contributed by atoms with van der Waals surface area (Å²) in [5.74, 6) is -0.756. The van der Waals surface area contributed by atoms with Crippen molar-refractivity contribution in [2.75, 3.05) is 25.6 Å². The summed E-state index contributed by atoms with van der Waals surface area (Å²) in [6.07, 6.45) is 4.15. The van der Waals surface area contributed by atoms with Gasteiger partial charge in [-0.15, -0.1) is 0 Å². The van der Waals surface area contributed by atoms with Crippen molar-refractivity contribution in [1.82, 2.24) is 5.32 Å². The molecule has 0 radical (unpaired) electrons. The Bertz CT molecular complexity index is 860. The SMILES string of the molecule is CCCNC(=O)/C(C#N)=C/C=C1\N(C)c2ccc(C(=O)OC)cc2C1(C)C. The summed E-state index contributed by atoms with van der Waals surface area (Å²) in [7, 11) is 3.28. The number of hydrogen-bond acceptors (Lipinski definition) is 5. The first-order valence-corrected chi connectivity index (χ1v) is 8.85. The van der Waals surface area contributed by atoms with E-state index in [-0.39, 0.29) is 17.4 Å². The van der Waals surface area contributed by atoms with Crippen molar-refractivity contribution in [3.63, 3.8) is 0 Å². The Labute approximate surface area is 160 Å². The number of ether oxygens (including phenoxy) is 1. The molecule has 27 heavy (non-hydrogen) atoms. The summed E-state index contributed by atoms with van der Waals surface area (Å²) in [6.45, 7) is 6.56. The van der Waals surface area contributed by atoms with Gasteiger partial charge in [0, 0.05) is 30.4 Å². The second-order valence-corrected chi connectivity index (χ2v) is 6.91. The Morgan fingerprint density at radius 1 is 1.37 bits per heavy atom. The lowest BCUT2D eigenvalue weighted by atomic mass is 9.83. The van der Waals surface area contributed by atoms with Crippen LogP contribution in [-0.2, 0) is 14.9 Å². The molecule has 1 aromatic rings. The average Bonchev–Trinajstić information content (AvgIpc) is 2.85. The highest BCUT2D eigenvalue weighted by molar-refractivity contribution is 5.97. The number of hydrogen-bond donors (Lipinski definition) is 1. The molecular weight excluding hydrogens is 342 g/mol. The Morgan fingerprint density at radius 3 is 2.67 bits per heavy atom. The smallest absolute Gasteiger partial charge is 0.337 e. The van der Waals surface area contributed by atoms with Gasteiger partial charge in [-0.1, -0.05) is 20.8 Å². The lowest BCUT2D eigenvalue weighted by Crippen LogP contribution is -2.25. The number of rotatable bonds is 5. The van der Waals surface area contributed by atoms with Gasteiger partial charge in [0.1, 0.15) is 11.6 Å². The number of nitrogens with zero attached hydrogens (tertiary/aromatic N) is 2. The number of esters is 1. The Morgan fingerprint density at radius 2 is 2.07 bits per heavy atom. The minimum atomic E-state index is -0.398. The van der Waals surface area contributed by atoms with E-state index in [4.69, 9.17) is 4.74 Å². The number of methoxy groups -OCH3 is 1. The number of likely N-dealkylation sites (N-methyl/N-ethyl adjacent to an activating group) is 1. The third-order valence-corrected chi connectivity index (χ3v) is 4.76. The van der Waals surface area contributed by atoms with E-state index < -0.39 is 5.41 Å². The van der Waals surface area contributed by atoms with Crippen molar-refractivity contribution in [3.8, 4) is 6.07 Å². The molecule has 0 bridgehead atoms. The van der Waals surface area contributed by atoms with Crippen LogP contribution in [0.4, 0.5) is 5.69 Å². The van der Waals surface area contributed by atoms with Crippen LogP contribution in [0.2, 0.25) is 0 Å². The van der Waals surface area contributed by atoms with E-state index in [0.717, 1.165) is 23.4 Å². The second-order valence-electron chi connectivity index (χ2n) is 6.91. The molecule has 6 nitrogen and oxygen atoms in total. The zero-order valence-electron chi connectivity index (χ0n) is 16.4. The topological polar surface area (TPSA) is 82.4 Å². The minimum absolute atomic E-state index is 0.0614. The van der Waals surface area contributed by atoms with Crippen molar-refractivity contribution >= 4 is 17.6 Å². The van der Waals surface area contributed by atoms with Crippen LogP contribution in [0.3, 0.4) is 0 Å². The van der Waals surface area contributed by atoms with Gasteiger partial charge in [0.2, 0.25) is 0 Å². The molecule has 0 aromatic heterocycles. The third-order valence-electron chi connectivity index (χ3n) is 4.76. The largest absolute Gasteiger partial charge is 0.465 e. The molecule has 1 aliphatic heterocycles. The van der Waals surface area contributed by atoms with Gasteiger partial charge < -0.3 is 15.0 Å².